The van der Waals surface area contributed by atoms with Gasteiger partial charge in [-0.1, -0.05) is 201 Å². The number of nitrogens with zero attached hydrogens (tertiary/aromatic N) is 1. The van der Waals surface area contributed by atoms with Crippen molar-refractivity contribution < 1.29 is 0 Å². The summed E-state index contributed by atoms with van der Waals surface area (Å²) in [4.78, 5) is 5.66. The van der Waals surface area contributed by atoms with Gasteiger partial charge >= 0.3 is 0 Å². The van der Waals surface area contributed by atoms with Gasteiger partial charge < -0.3 is 5.73 Å². The Morgan fingerprint density at radius 1 is 0.358 bits per heavy atom. The van der Waals surface area contributed by atoms with Crippen LogP contribution in [0.5, 0.6) is 0 Å². The zero-order valence-corrected chi connectivity index (χ0v) is 36.7. The number of rotatable bonds is 6. The standard InChI is InChI=1S/C65H42N2/c1-2-40(35-44-15-3-14-26-63(44)66)41-27-29-42(30-28-41)58-38-62-59(43-31-33-55-50-20-6-4-16-46(50)48-18-8-10-22-52(48)60(55)36-43)39-64(67-65(62)57-25-13-12-24-54(57)58)45-32-34-56-51-21-7-5-17-47(51)49-19-9-11-23-53(49)61(56)37-45/h2-39H,1,66H2/b40-35+. The van der Waals surface area contributed by atoms with E-state index in [4.69, 9.17) is 10.7 Å². The van der Waals surface area contributed by atoms with Crippen molar-refractivity contribution >= 4 is 104 Å². The van der Waals surface area contributed by atoms with Crippen LogP contribution in [0.2, 0.25) is 0 Å². The van der Waals surface area contributed by atoms with E-state index in [1.54, 1.807) is 0 Å². The van der Waals surface area contributed by atoms with Crippen LogP contribution in [0.3, 0.4) is 0 Å². The second-order valence-electron chi connectivity index (χ2n) is 17.6. The molecule has 12 aromatic carbocycles. The molecule has 2 N–H and O–H groups in total. The highest BCUT2D eigenvalue weighted by molar-refractivity contribution is 6.27. The maximum atomic E-state index is 6.35. The zero-order chi connectivity index (χ0) is 44.6. The van der Waals surface area contributed by atoms with Gasteiger partial charge in [0, 0.05) is 22.0 Å². The first-order valence-corrected chi connectivity index (χ1v) is 22.9. The van der Waals surface area contributed by atoms with Crippen LogP contribution in [-0.2, 0) is 0 Å². The van der Waals surface area contributed by atoms with E-state index in [9.17, 15) is 0 Å². The Kier molecular flexibility index (Phi) is 8.87. The molecule has 0 bridgehead atoms. The van der Waals surface area contributed by atoms with Gasteiger partial charge in [0.1, 0.15) is 0 Å². The van der Waals surface area contributed by atoms with Crippen molar-refractivity contribution in [2.24, 2.45) is 0 Å². The number of aromatic nitrogens is 1. The first kappa shape index (κ1) is 38.6. The Hall–Kier alpha value is -8.85. The molecular weight excluding hydrogens is 809 g/mol. The smallest absolute Gasteiger partial charge is 0.0794 e. The number of nitrogen functional groups attached to an aromatic ring is 1. The summed E-state index contributed by atoms with van der Waals surface area (Å²) in [5.74, 6) is 0. The minimum Gasteiger partial charge on any atom is -0.398 e. The predicted octanol–water partition coefficient (Wildman–Crippen LogP) is 17.6. The lowest BCUT2D eigenvalue weighted by Crippen LogP contribution is -1.94. The zero-order valence-electron chi connectivity index (χ0n) is 36.7. The average Bonchev–Trinajstić information content (AvgIpc) is 3.40. The Bertz CT molecular complexity index is 4160. The molecule has 0 radical (unpaired) electrons. The molecule has 0 saturated carbocycles. The lowest BCUT2D eigenvalue weighted by atomic mass is 9.88. The monoisotopic (exact) mass is 850 g/mol. The lowest BCUT2D eigenvalue weighted by molar-refractivity contribution is 1.41. The summed E-state index contributed by atoms with van der Waals surface area (Å²) in [5.41, 5.74) is 17.7. The van der Waals surface area contributed by atoms with Crippen molar-refractivity contribution in [1.29, 1.82) is 0 Å². The fourth-order valence-electron chi connectivity index (χ4n) is 10.7. The topological polar surface area (TPSA) is 38.9 Å². The Morgan fingerprint density at radius 2 is 0.776 bits per heavy atom. The molecule has 0 aliphatic heterocycles. The van der Waals surface area contributed by atoms with Crippen molar-refractivity contribution in [2.75, 3.05) is 5.73 Å². The van der Waals surface area contributed by atoms with Crippen LogP contribution in [0, 0.1) is 0 Å². The number of fused-ring (bicyclic) bond motifs is 15. The Labute approximate surface area is 388 Å². The highest BCUT2D eigenvalue weighted by Crippen LogP contribution is 2.44. The average molecular weight is 851 g/mol. The highest BCUT2D eigenvalue weighted by atomic mass is 14.7. The Balaban J connectivity index is 1.07. The van der Waals surface area contributed by atoms with Crippen LogP contribution in [-0.4, -0.2) is 4.98 Å². The van der Waals surface area contributed by atoms with Crippen molar-refractivity contribution in [3.8, 4) is 33.5 Å². The molecule has 0 aliphatic rings. The largest absolute Gasteiger partial charge is 0.398 e. The lowest BCUT2D eigenvalue weighted by Gasteiger charge is -2.17. The van der Waals surface area contributed by atoms with Gasteiger partial charge in [-0.15, -0.1) is 0 Å². The van der Waals surface area contributed by atoms with E-state index in [0.717, 1.165) is 77.6 Å². The molecule has 312 valence electrons. The second-order valence-corrected chi connectivity index (χ2v) is 17.6. The van der Waals surface area contributed by atoms with Crippen LogP contribution < -0.4 is 5.73 Å². The van der Waals surface area contributed by atoms with E-state index in [2.05, 4.69) is 207 Å². The van der Waals surface area contributed by atoms with E-state index in [-0.39, 0.29) is 0 Å². The van der Waals surface area contributed by atoms with E-state index in [1.807, 2.05) is 30.3 Å². The molecule has 0 unspecified atom stereocenters. The van der Waals surface area contributed by atoms with Crippen LogP contribution in [0.25, 0.3) is 131 Å². The number of anilines is 1. The minimum atomic E-state index is 0.740. The van der Waals surface area contributed by atoms with Gasteiger partial charge in [0.05, 0.1) is 11.2 Å². The van der Waals surface area contributed by atoms with Crippen molar-refractivity contribution in [3.05, 3.63) is 242 Å². The SMILES string of the molecule is C=C/C(=C\c1ccccc1N)c1ccc(-c2cc3c(-c4ccc5c6ccccc6c6ccccc6c5c4)cc(-c4ccc5c6ccccc6c6ccccc6c5c4)nc3c3ccccc23)cc1. The van der Waals surface area contributed by atoms with Crippen LogP contribution in [0.4, 0.5) is 5.69 Å². The van der Waals surface area contributed by atoms with Crippen molar-refractivity contribution in [3.63, 3.8) is 0 Å². The molecule has 0 amide bonds. The van der Waals surface area contributed by atoms with Gasteiger partial charge in [-0.25, -0.2) is 4.98 Å². The molecule has 13 rings (SSSR count). The summed E-state index contributed by atoms with van der Waals surface area (Å²) in [7, 11) is 0. The van der Waals surface area contributed by atoms with E-state index in [0.29, 0.717) is 0 Å². The summed E-state index contributed by atoms with van der Waals surface area (Å²) in [6, 6.07) is 79.4. The maximum absolute atomic E-state index is 6.35. The molecule has 1 heterocycles. The van der Waals surface area contributed by atoms with Gasteiger partial charge in [-0.3, -0.25) is 0 Å². The highest BCUT2D eigenvalue weighted by Gasteiger charge is 2.19. The molecule has 13 aromatic rings. The molecule has 0 saturated heterocycles. The summed E-state index contributed by atoms with van der Waals surface area (Å²) in [6.45, 7) is 4.16. The number of nitrogens with two attached hydrogens (primary N) is 1. The molecule has 0 atom stereocenters. The molecule has 1 aromatic heterocycles. The number of benzene rings is 12. The third-order valence-electron chi connectivity index (χ3n) is 14.0. The van der Waals surface area contributed by atoms with E-state index >= 15 is 0 Å². The van der Waals surface area contributed by atoms with Gasteiger partial charge in [-0.2, -0.15) is 0 Å². The molecule has 2 nitrogen and oxygen atoms in total. The summed E-state index contributed by atoms with van der Waals surface area (Å²) < 4.78 is 0. The maximum Gasteiger partial charge on any atom is 0.0794 e. The number of allylic oxidation sites excluding steroid dienone is 2. The number of hydrogen-bond acceptors (Lipinski definition) is 2. The van der Waals surface area contributed by atoms with Crippen LogP contribution >= 0.6 is 0 Å². The van der Waals surface area contributed by atoms with Crippen LogP contribution in [0.15, 0.2) is 231 Å². The number of para-hydroxylation sites is 1. The number of hydrogen-bond donors (Lipinski definition) is 1. The summed E-state index contributed by atoms with van der Waals surface area (Å²) >= 11 is 0. The molecule has 0 aliphatic carbocycles. The fourth-order valence-corrected chi connectivity index (χ4v) is 10.7. The first-order chi connectivity index (χ1) is 33.1. The molecule has 0 spiro atoms. The quantitative estimate of drug-likeness (QED) is 0.0783. The van der Waals surface area contributed by atoms with Gasteiger partial charge in [-0.05, 0) is 145 Å². The first-order valence-electron chi connectivity index (χ1n) is 22.9. The van der Waals surface area contributed by atoms with E-state index < -0.39 is 0 Å². The van der Waals surface area contributed by atoms with Gasteiger partial charge in [0.2, 0.25) is 0 Å². The molecule has 0 fully saturated rings. The Morgan fingerprint density at radius 3 is 1.31 bits per heavy atom. The van der Waals surface area contributed by atoms with Crippen molar-refractivity contribution in [1.82, 2.24) is 4.98 Å². The van der Waals surface area contributed by atoms with Crippen molar-refractivity contribution in [2.45, 2.75) is 0 Å². The third-order valence-corrected chi connectivity index (χ3v) is 14.0. The normalized spacial score (nSPS) is 12.1. The van der Waals surface area contributed by atoms with Gasteiger partial charge in [0.15, 0.2) is 0 Å². The fraction of sp³-hybridized carbons (Fsp3) is 0. The molecular formula is C65H42N2. The van der Waals surface area contributed by atoms with Crippen LogP contribution in [0.1, 0.15) is 11.1 Å². The number of pyridine rings is 1. The second kappa shape index (κ2) is 15.4. The minimum absolute atomic E-state index is 0.740. The molecule has 67 heavy (non-hydrogen) atoms. The predicted molar refractivity (Wildman–Crippen MR) is 290 cm³/mol. The summed E-state index contributed by atoms with van der Waals surface area (Å²) in [6.07, 6.45) is 4.01. The third kappa shape index (κ3) is 6.22. The summed E-state index contributed by atoms with van der Waals surface area (Å²) in [5, 5.41) is 18.4. The van der Waals surface area contributed by atoms with Gasteiger partial charge in [0.25, 0.3) is 0 Å². The molecule has 2 heteroatoms. The van der Waals surface area contributed by atoms with E-state index in [1.165, 1.54) is 64.6 Å².